The van der Waals surface area contributed by atoms with Crippen LogP contribution in [0.4, 0.5) is 4.39 Å². The van der Waals surface area contributed by atoms with Crippen molar-refractivity contribution in [1.29, 1.82) is 0 Å². The molecule has 1 aromatic carbocycles. The zero-order valence-electron chi connectivity index (χ0n) is 18.1. The number of aliphatic carboxylic acids is 1. The van der Waals surface area contributed by atoms with Gasteiger partial charge in [-0.15, -0.1) is 0 Å². The zero-order valence-corrected chi connectivity index (χ0v) is 18.1. The molecule has 0 aliphatic rings. The monoisotopic (exact) mass is 408 g/mol. The highest BCUT2D eigenvalue weighted by molar-refractivity contribution is 5.96. The molecular weight excluding hydrogens is 371 g/mol. The van der Waals surface area contributed by atoms with Gasteiger partial charge in [0.15, 0.2) is 11.9 Å². The molecule has 164 valence electrons. The maximum Gasteiger partial charge on any atom is 0.344 e. The number of carbonyl (C=O) groups is 2. The van der Waals surface area contributed by atoms with Crippen LogP contribution < -0.4 is 4.74 Å². The fourth-order valence-electron chi connectivity index (χ4n) is 3.33. The van der Waals surface area contributed by atoms with Crippen LogP contribution >= 0.6 is 0 Å². The minimum absolute atomic E-state index is 0.0515. The van der Waals surface area contributed by atoms with Crippen molar-refractivity contribution in [2.75, 3.05) is 0 Å². The summed E-state index contributed by atoms with van der Waals surface area (Å²) >= 11 is 0. The Morgan fingerprint density at radius 2 is 1.52 bits per heavy atom. The minimum Gasteiger partial charge on any atom is -0.479 e. The van der Waals surface area contributed by atoms with Gasteiger partial charge in [-0.3, -0.25) is 4.79 Å². The van der Waals surface area contributed by atoms with Crippen molar-refractivity contribution in [3.8, 4) is 5.75 Å². The molecule has 0 heterocycles. The van der Waals surface area contributed by atoms with Gasteiger partial charge in [0, 0.05) is 12.5 Å². The van der Waals surface area contributed by atoms with Gasteiger partial charge in [0.1, 0.15) is 11.6 Å². The fraction of sp³-hybridized carbons (Fsp3) is 0.667. The molecule has 29 heavy (non-hydrogen) atoms. The first-order valence-electron chi connectivity index (χ1n) is 11.2. The Morgan fingerprint density at radius 3 is 2.10 bits per heavy atom. The van der Waals surface area contributed by atoms with Gasteiger partial charge in [-0.25, -0.2) is 9.18 Å². The highest BCUT2D eigenvalue weighted by Crippen LogP contribution is 2.22. The quantitative estimate of drug-likeness (QED) is 0.224. The van der Waals surface area contributed by atoms with Crippen LogP contribution in [0.15, 0.2) is 18.2 Å². The van der Waals surface area contributed by atoms with E-state index in [1.165, 1.54) is 25.0 Å². The Kier molecular flexibility index (Phi) is 13.0. The van der Waals surface area contributed by atoms with Crippen LogP contribution in [0, 0.1) is 5.82 Å². The average Bonchev–Trinajstić information content (AvgIpc) is 2.69. The number of hydrogen-bond acceptors (Lipinski definition) is 3. The SMILES string of the molecule is CCCCCCCC[C@H](Oc1ccc(C(=O)CCCCCCC)c(F)c1)C(=O)O. The molecule has 0 bridgehead atoms. The third-order valence-corrected chi connectivity index (χ3v) is 5.12. The number of ketones is 1. The van der Waals surface area contributed by atoms with Crippen molar-refractivity contribution in [2.45, 2.75) is 103 Å². The molecule has 1 rings (SSSR count). The van der Waals surface area contributed by atoms with E-state index in [1.807, 2.05) is 0 Å². The Hall–Kier alpha value is -1.91. The first-order chi connectivity index (χ1) is 14.0. The third-order valence-electron chi connectivity index (χ3n) is 5.12. The van der Waals surface area contributed by atoms with Crippen molar-refractivity contribution in [3.63, 3.8) is 0 Å². The number of carboxylic acid groups (broad SMARTS) is 1. The lowest BCUT2D eigenvalue weighted by Gasteiger charge is -2.15. The summed E-state index contributed by atoms with van der Waals surface area (Å²) < 4.78 is 19.9. The number of hydrogen-bond donors (Lipinski definition) is 1. The minimum atomic E-state index is -1.05. The molecule has 5 heteroatoms. The number of benzene rings is 1. The van der Waals surface area contributed by atoms with Crippen molar-refractivity contribution < 1.29 is 23.8 Å². The molecule has 0 saturated heterocycles. The number of unbranched alkanes of at least 4 members (excludes halogenated alkanes) is 9. The standard InChI is InChI=1S/C24H37FO4/c1-3-5-7-9-11-13-15-23(24(27)28)29-19-16-17-20(21(25)18-19)22(26)14-12-10-8-6-4-2/h16-18,23H,3-15H2,1-2H3,(H,27,28)/t23-/m0/s1. The van der Waals surface area contributed by atoms with E-state index in [-0.39, 0.29) is 17.1 Å². The fourth-order valence-corrected chi connectivity index (χ4v) is 3.33. The summed E-state index contributed by atoms with van der Waals surface area (Å²) in [5.41, 5.74) is 0.0515. The molecule has 0 aliphatic heterocycles. The summed E-state index contributed by atoms with van der Waals surface area (Å²) in [5.74, 6) is -1.76. The lowest BCUT2D eigenvalue weighted by molar-refractivity contribution is -0.145. The Balaban J connectivity index is 2.52. The number of halogens is 1. The molecule has 0 aromatic heterocycles. The van der Waals surface area contributed by atoms with E-state index < -0.39 is 17.9 Å². The Labute approximate surface area is 174 Å². The molecule has 0 fully saturated rings. The van der Waals surface area contributed by atoms with Crippen molar-refractivity contribution >= 4 is 11.8 Å². The molecule has 4 nitrogen and oxygen atoms in total. The van der Waals surface area contributed by atoms with Crippen LogP contribution in [0.5, 0.6) is 5.75 Å². The van der Waals surface area contributed by atoms with Crippen LogP contribution in [-0.4, -0.2) is 23.0 Å². The largest absolute Gasteiger partial charge is 0.479 e. The second-order valence-electron chi connectivity index (χ2n) is 7.73. The van der Waals surface area contributed by atoms with E-state index in [0.717, 1.165) is 63.9 Å². The molecule has 0 saturated carbocycles. The van der Waals surface area contributed by atoms with Gasteiger partial charge in [-0.1, -0.05) is 71.6 Å². The van der Waals surface area contributed by atoms with E-state index in [4.69, 9.17) is 4.74 Å². The number of ether oxygens (including phenoxy) is 1. The van der Waals surface area contributed by atoms with E-state index >= 15 is 0 Å². The molecule has 0 radical (unpaired) electrons. The smallest absolute Gasteiger partial charge is 0.344 e. The summed E-state index contributed by atoms with van der Waals surface area (Å²) in [4.78, 5) is 23.7. The van der Waals surface area contributed by atoms with Gasteiger partial charge < -0.3 is 9.84 Å². The van der Waals surface area contributed by atoms with Crippen LogP contribution in [-0.2, 0) is 4.79 Å². The van der Waals surface area contributed by atoms with Crippen LogP contribution in [0.3, 0.4) is 0 Å². The van der Waals surface area contributed by atoms with Gasteiger partial charge in [-0.05, 0) is 31.4 Å². The maximum atomic E-state index is 14.4. The lowest BCUT2D eigenvalue weighted by Crippen LogP contribution is -2.27. The van der Waals surface area contributed by atoms with E-state index in [2.05, 4.69) is 13.8 Å². The summed E-state index contributed by atoms with van der Waals surface area (Å²) in [7, 11) is 0. The number of Topliss-reactive ketones (excluding diaryl/α,β-unsaturated/α-hetero) is 1. The highest BCUT2D eigenvalue weighted by atomic mass is 19.1. The summed E-state index contributed by atoms with van der Waals surface area (Å²) in [6, 6.07) is 4.02. The van der Waals surface area contributed by atoms with Gasteiger partial charge in [-0.2, -0.15) is 0 Å². The highest BCUT2D eigenvalue weighted by Gasteiger charge is 2.20. The molecule has 0 aliphatic carbocycles. The maximum absolute atomic E-state index is 14.4. The normalized spacial score (nSPS) is 12.0. The molecule has 0 unspecified atom stereocenters. The van der Waals surface area contributed by atoms with Gasteiger partial charge in [0.25, 0.3) is 0 Å². The van der Waals surface area contributed by atoms with Crippen LogP contribution in [0.1, 0.15) is 108 Å². The Morgan fingerprint density at radius 1 is 0.931 bits per heavy atom. The lowest BCUT2D eigenvalue weighted by atomic mass is 10.0. The van der Waals surface area contributed by atoms with Gasteiger partial charge in [0.2, 0.25) is 0 Å². The van der Waals surface area contributed by atoms with Crippen LogP contribution in [0.25, 0.3) is 0 Å². The number of carboxylic acids is 1. The second kappa shape index (κ2) is 15.0. The van der Waals surface area contributed by atoms with Gasteiger partial charge in [0.05, 0.1) is 5.56 Å². The number of rotatable bonds is 17. The zero-order chi connectivity index (χ0) is 21.5. The second-order valence-corrected chi connectivity index (χ2v) is 7.73. The number of carbonyl (C=O) groups excluding carboxylic acids is 1. The third kappa shape index (κ3) is 10.4. The molecular formula is C24H37FO4. The van der Waals surface area contributed by atoms with E-state index in [9.17, 15) is 19.1 Å². The predicted octanol–water partition coefficient (Wildman–Crippen LogP) is 6.95. The molecule has 1 atom stereocenters. The van der Waals surface area contributed by atoms with Crippen molar-refractivity contribution in [2.24, 2.45) is 0 Å². The van der Waals surface area contributed by atoms with Gasteiger partial charge >= 0.3 is 5.97 Å². The average molecular weight is 409 g/mol. The van der Waals surface area contributed by atoms with E-state index in [1.54, 1.807) is 0 Å². The van der Waals surface area contributed by atoms with E-state index in [0.29, 0.717) is 12.8 Å². The van der Waals surface area contributed by atoms with Crippen LogP contribution in [0.2, 0.25) is 0 Å². The Bertz CT molecular complexity index is 615. The molecule has 0 amide bonds. The molecule has 1 aromatic rings. The summed E-state index contributed by atoms with van der Waals surface area (Å²) in [6.07, 6.45) is 11.2. The predicted molar refractivity (Wildman–Crippen MR) is 114 cm³/mol. The first-order valence-corrected chi connectivity index (χ1v) is 11.2. The summed E-state index contributed by atoms with van der Waals surface area (Å²) in [6.45, 7) is 4.28. The summed E-state index contributed by atoms with van der Waals surface area (Å²) in [5, 5.41) is 9.37. The first kappa shape index (κ1) is 25.1. The van der Waals surface area contributed by atoms with Crippen molar-refractivity contribution in [1.82, 2.24) is 0 Å². The molecule has 1 N–H and O–H groups in total. The topological polar surface area (TPSA) is 63.6 Å². The van der Waals surface area contributed by atoms with Crippen molar-refractivity contribution in [3.05, 3.63) is 29.6 Å². The molecule has 0 spiro atoms.